The van der Waals surface area contributed by atoms with Crippen LogP contribution in [0, 0.1) is 0 Å². The molecule has 0 saturated carbocycles. The minimum atomic E-state index is 0. The molecule has 1 radical (unpaired) electrons. The predicted molar refractivity (Wildman–Crippen MR) is 28.1 cm³/mol. The Bertz CT molecular complexity index is 57.4. The Morgan fingerprint density at radius 2 is 1.38 bits per heavy atom. The van der Waals surface area contributed by atoms with Crippen molar-refractivity contribution in [3.8, 4) is 0 Å². The smallest absolute Gasteiger partial charge is 0.126 e. The number of Topliss-reactive ketones (excluding diaryl/α,β-unsaturated/α-hetero) is 1. The summed E-state index contributed by atoms with van der Waals surface area (Å²) in [5, 5.41) is 0. The molecule has 0 saturated heterocycles. The van der Waals surface area contributed by atoms with Gasteiger partial charge in [0.2, 0.25) is 0 Å². The second kappa shape index (κ2) is 15.8. The first kappa shape index (κ1) is 15.7. The summed E-state index contributed by atoms with van der Waals surface area (Å²) in [6, 6.07) is 0. The Hall–Kier alpha value is -0.154. The summed E-state index contributed by atoms with van der Waals surface area (Å²) in [4.78, 5) is 18.2. The topological polar surface area (TPSA) is 34.1 Å². The van der Waals surface area contributed by atoms with Crippen LogP contribution in [0.2, 0.25) is 0 Å². The van der Waals surface area contributed by atoms with Crippen LogP contribution in [-0.2, 0) is 26.4 Å². The maximum Gasteiger partial charge on any atom is 0.126 e. The molecule has 0 aliphatic heterocycles. The van der Waals surface area contributed by atoms with Crippen LogP contribution < -0.4 is 0 Å². The summed E-state index contributed by atoms with van der Waals surface area (Å²) in [5.41, 5.74) is 0. The van der Waals surface area contributed by atoms with E-state index < -0.39 is 0 Å². The van der Waals surface area contributed by atoms with Crippen LogP contribution in [0.1, 0.15) is 20.8 Å². The van der Waals surface area contributed by atoms with Gasteiger partial charge in [0.05, 0.1) is 0 Å². The third-order valence-electron chi connectivity index (χ3n) is 0. The molecule has 0 amide bonds. The molecule has 0 aliphatic rings. The molecular weight excluding hydrogens is 151 g/mol. The van der Waals surface area contributed by atoms with Gasteiger partial charge in [-0.15, -0.1) is 0 Å². The Kier molecular flexibility index (Phi) is 31.0. The zero-order valence-corrected chi connectivity index (χ0v) is 6.27. The van der Waals surface area contributed by atoms with E-state index in [2.05, 4.69) is 0 Å². The molecule has 0 N–H and O–H groups in total. The largest absolute Gasteiger partial charge is 0.304 e. The molecule has 0 unspecified atom stereocenters. The van der Waals surface area contributed by atoms with Gasteiger partial charge in [0.1, 0.15) is 12.1 Å². The molecule has 0 aromatic carbocycles. The molecule has 0 aliphatic carbocycles. The maximum absolute atomic E-state index is 9.44. The number of ketones is 1. The standard InChI is InChI=1S/C3H6O.C2H4O.Co/c1-3(2)4;1-2-3;/h1-2H3;2H,1H3;. The van der Waals surface area contributed by atoms with Crippen LogP contribution in [-0.4, -0.2) is 12.1 Å². The molecule has 0 atom stereocenters. The molecule has 0 heterocycles. The second-order valence-corrected chi connectivity index (χ2v) is 1.14. The first-order valence-electron chi connectivity index (χ1n) is 2.02. The molecule has 0 spiro atoms. The molecule has 2 nitrogen and oxygen atoms in total. The minimum absolute atomic E-state index is 0. The summed E-state index contributed by atoms with van der Waals surface area (Å²) in [6.07, 6.45) is 0.750. The van der Waals surface area contributed by atoms with E-state index in [1.807, 2.05) is 0 Å². The van der Waals surface area contributed by atoms with Gasteiger partial charge in [-0.1, -0.05) is 0 Å². The summed E-state index contributed by atoms with van der Waals surface area (Å²) >= 11 is 0. The van der Waals surface area contributed by atoms with Gasteiger partial charge in [0, 0.05) is 16.8 Å². The number of hydrogen-bond acceptors (Lipinski definition) is 2. The average Bonchev–Trinajstić information content (AvgIpc) is 1.33. The first-order valence-corrected chi connectivity index (χ1v) is 2.02. The molecule has 0 bridgehead atoms. The summed E-state index contributed by atoms with van der Waals surface area (Å²) < 4.78 is 0. The van der Waals surface area contributed by atoms with E-state index in [9.17, 15) is 4.79 Å². The van der Waals surface area contributed by atoms with E-state index in [1.54, 1.807) is 0 Å². The Labute approximate surface area is 59.8 Å². The van der Waals surface area contributed by atoms with Gasteiger partial charge in [-0.2, -0.15) is 0 Å². The quantitative estimate of drug-likeness (QED) is 0.492. The summed E-state index contributed by atoms with van der Waals surface area (Å²) in [6.45, 7) is 4.50. The molecule has 3 heteroatoms. The number of rotatable bonds is 0. The van der Waals surface area contributed by atoms with E-state index in [-0.39, 0.29) is 22.6 Å². The summed E-state index contributed by atoms with van der Waals surface area (Å²) in [7, 11) is 0. The van der Waals surface area contributed by atoms with Gasteiger partial charge in [0.25, 0.3) is 0 Å². The molecule has 0 rings (SSSR count). The molecule has 0 aromatic rings. The fourth-order valence-electron chi connectivity index (χ4n) is 0. The van der Waals surface area contributed by atoms with Crippen molar-refractivity contribution in [1.29, 1.82) is 0 Å². The molecular formula is C5H10CoO2. The van der Waals surface area contributed by atoms with Crippen LogP contribution in [0.4, 0.5) is 0 Å². The monoisotopic (exact) mass is 161 g/mol. The van der Waals surface area contributed by atoms with Gasteiger partial charge in [-0.25, -0.2) is 0 Å². The van der Waals surface area contributed by atoms with E-state index in [0.717, 1.165) is 6.29 Å². The molecule has 51 valence electrons. The Morgan fingerprint density at radius 3 is 1.38 bits per heavy atom. The van der Waals surface area contributed by atoms with Crippen LogP contribution in [0.5, 0.6) is 0 Å². The van der Waals surface area contributed by atoms with Crippen molar-refractivity contribution in [3.05, 3.63) is 0 Å². The van der Waals surface area contributed by atoms with Crippen LogP contribution in [0.3, 0.4) is 0 Å². The van der Waals surface area contributed by atoms with Gasteiger partial charge in [-0.3, -0.25) is 0 Å². The van der Waals surface area contributed by atoms with Gasteiger partial charge in [-0.05, 0) is 20.8 Å². The number of aldehydes is 1. The van der Waals surface area contributed by atoms with Gasteiger partial charge in [0.15, 0.2) is 0 Å². The van der Waals surface area contributed by atoms with Gasteiger partial charge >= 0.3 is 0 Å². The van der Waals surface area contributed by atoms with Crippen molar-refractivity contribution in [1.82, 2.24) is 0 Å². The number of hydrogen-bond donors (Lipinski definition) is 0. The van der Waals surface area contributed by atoms with Crippen molar-refractivity contribution >= 4 is 12.1 Å². The third-order valence-corrected chi connectivity index (χ3v) is 0. The fourth-order valence-corrected chi connectivity index (χ4v) is 0. The second-order valence-electron chi connectivity index (χ2n) is 1.14. The fraction of sp³-hybridized carbons (Fsp3) is 0.600. The van der Waals surface area contributed by atoms with Crippen molar-refractivity contribution in [2.45, 2.75) is 20.8 Å². The third kappa shape index (κ3) is 5830. The predicted octanol–water partition coefficient (Wildman–Crippen LogP) is 0.798. The number of carbonyl (C=O) groups excluding carboxylic acids is 2. The van der Waals surface area contributed by atoms with Crippen LogP contribution >= 0.6 is 0 Å². The van der Waals surface area contributed by atoms with E-state index in [4.69, 9.17) is 4.79 Å². The van der Waals surface area contributed by atoms with Crippen molar-refractivity contribution in [3.63, 3.8) is 0 Å². The van der Waals surface area contributed by atoms with Gasteiger partial charge < -0.3 is 9.59 Å². The zero-order chi connectivity index (χ0) is 6.28. The molecule has 0 fully saturated rings. The van der Waals surface area contributed by atoms with Crippen molar-refractivity contribution < 1.29 is 26.4 Å². The number of carbonyl (C=O) groups is 2. The van der Waals surface area contributed by atoms with E-state index in [0.29, 0.717) is 0 Å². The van der Waals surface area contributed by atoms with E-state index >= 15 is 0 Å². The summed E-state index contributed by atoms with van der Waals surface area (Å²) in [5.74, 6) is 0.167. The normalized spacial score (nSPS) is 4.88. The van der Waals surface area contributed by atoms with Crippen molar-refractivity contribution in [2.75, 3.05) is 0 Å². The molecule has 8 heavy (non-hydrogen) atoms. The minimum Gasteiger partial charge on any atom is -0.304 e. The SMILES string of the molecule is CC(C)=O.CC=O.[Co]. The Balaban J connectivity index is -0.0000000575. The van der Waals surface area contributed by atoms with E-state index in [1.165, 1.54) is 20.8 Å². The first-order chi connectivity index (χ1) is 3.15. The molecule has 0 aromatic heterocycles. The van der Waals surface area contributed by atoms with Crippen LogP contribution in [0.25, 0.3) is 0 Å². The van der Waals surface area contributed by atoms with Crippen LogP contribution in [0.15, 0.2) is 0 Å². The van der Waals surface area contributed by atoms with Crippen molar-refractivity contribution in [2.24, 2.45) is 0 Å². The maximum atomic E-state index is 9.44. The average molecular weight is 161 g/mol. The Morgan fingerprint density at radius 1 is 1.38 bits per heavy atom. The zero-order valence-electron chi connectivity index (χ0n) is 5.23.